The molecule has 8 nitrogen and oxygen atoms in total. The van der Waals surface area contributed by atoms with Gasteiger partial charge >= 0.3 is 0 Å². The number of benzene rings is 2. The molecule has 5 rings (SSSR count). The summed E-state index contributed by atoms with van der Waals surface area (Å²) in [6.07, 6.45) is 2.57. The lowest BCUT2D eigenvalue weighted by atomic mass is 10.1. The molecule has 1 amide bonds. The molecule has 0 saturated carbocycles. The van der Waals surface area contributed by atoms with Gasteiger partial charge in [0, 0.05) is 38.4 Å². The molecule has 2 aromatic heterocycles. The highest BCUT2D eigenvalue weighted by molar-refractivity contribution is 7.23. The quantitative estimate of drug-likeness (QED) is 0.380. The summed E-state index contributed by atoms with van der Waals surface area (Å²) in [4.78, 5) is 26.6. The Hall–Kier alpha value is -3.69. The van der Waals surface area contributed by atoms with Crippen LogP contribution in [0.3, 0.4) is 0 Å². The fraction of sp³-hybridized carbons (Fsp3) is 0.296. The number of methoxy groups -OCH3 is 1. The van der Waals surface area contributed by atoms with E-state index in [1.807, 2.05) is 37.4 Å². The van der Waals surface area contributed by atoms with Crippen molar-refractivity contribution in [2.24, 2.45) is 0 Å². The summed E-state index contributed by atoms with van der Waals surface area (Å²) in [5.41, 5.74) is 3.63. The molecule has 0 radical (unpaired) electrons. The van der Waals surface area contributed by atoms with Crippen molar-refractivity contribution in [3.8, 4) is 5.75 Å². The average molecular weight is 504 g/mol. The number of aromatic nitrogens is 2. The van der Waals surface area contributed by atoms with E-state index in [-0.39, 0.29) is 5.91 Å². The Bertz CT molecular complexity index is 1340. The zero-order valence-electron chi connectivity index (χ0n) is 20.4. The number of nitrogens with one attached hydrogen (secondary N) is 1. The standard InChI is InChI=1S/C27H29N5O3S/c1-31(13-11-19-6-4-3-5-7-19)23-18-20(10-12-28-23)26(33)30-27-29-24-22(34-2)9-8-21(25(24)36-27)32-14-16-35-17-15-32/h3-10,12,18H,11,13-17H2,1-2H3,(H,29,30,33). The number of pyridine rings is 1. The summed E-state index contributed by atoms with van der Waals surface area (Å²) in [5.74, 6) is 1.21. The van der Waals surface area contributed by atoms with Crippen LogP contribution >= 0.6 is 11.3 Å². The first-order valence-electron chi connectivity index (χ1n) is 11.9. The van der Waals surface area contributed by atoms with Gasteiger partial charge in [0.15, 0.2) is 5.13 Å². The van der Waals surface area contributed by atoms with Crippen LogP contribution in [-0.2, 0) is 11.2 Å². The van der Waals surface area contributed by atoms with E-state index >= 15 is 0 Å². The second kappa shape index (κ2) is 10.9. The van der Waals surface area contributed by atoms with Gasteiger partial charge in [0.2, 0.25) is 0 Å². The number of nitrogens with zero attached hydrogens (tertiary/aromatic N) is 4. The van der Waals surface area contributed by atoms with Crippen molar-refractivity contribution in [2.45, 2.75) is 6.42 Å². The maximum absolute atomic E-state index is 13.1. The number of fused-ring (bicyclic) bond motifs is 1. The number of hydrogen-bond donors (Lipinski definition) is 1. The molecule has 1 aliphatic heterocycles. The van der Waals surface area contributed by atoms with E-state index in [0.717, 1.165) is 47.8 Å². The first kappa shape index (κ1) is 24.0. The van der Waals surface area contributed by atoms with Crippen LogP contribution in [0.1, 0.15) is 15.9 Å². The minimum atomic E-state index is -0.221. The molecule has 1 fully saturated rings. The van der Waals surface area contributed by atoms with Crippen molar-refractivity contribution in [3.05, 3.63) is 71.9 Å². The van der Waals surface area contributed by atoms with E-state index < -0.39 is 0 Å². The molecule has 1 N–H and O–H groups in total. The Balaban J connectivity index is 1.33. The number of morpholine rings is 1. The van der Waals surface area contributed by atoms with E-state index in [1.165, 1.54) is 16.9 Å². The van der Waals surface area contributed by atoms with E-state index in [0.29, 0.717) is 29.7 Å². The Morgan fingerprint density at radius 3 is 2.75 bits per heavy atom. The van der Waals surface area contributed by atoms with Crippen molar-refractivity contribution < 1.29 is 14.3 Å². The minimum Gasteiger partial charge on any atom is -0.494 e. The summed E-state index contributed by atoms with van der Waals surface area (Å²) in [5, 5.41) is 3.51. The van der Waals surface area contributed by atoms with Gasteiger partial charge in [-0.2, -0.15) is 0 Å². The predicted octanol–water partition coefficient (Wildman–Crippen LogP) is 4.47. The first-order chi connectivity index (χ1) is 17.6. The molecule has 0 spiro atoms. The molecule has 3 heterocycles. The highest BCUT2D eigenvalue weighted by atomic mass is 32.1. The SMILES string of the molecule is COc1ccc(N2CCOCC2)c2sc(NC(=O)c3ccnc(N(C)CCc4ccccc4)c3)nc12. The summed E-state index contributed by atoms with van der Waals surface area (Å²) < 4.78 is 12.0. The van der Waals surface area contributed by atoms with Gasteiger partial charge in [0.25, 0.3) is 5.91 Å². The Labute approximate surface area is 214 Å². The lowest BCUT2D eigenvalue weighted by Gasteiger charge is -2.29. The minimum absolute atomic E-state index is 0.221. The second-order valence-corrected chi connectivity index (χ2v) is 9.60. The monoisotopic (exact) mass is 503 g/mol. The van der Waals surface area contributed by atoms with Crippen LogP contribution in [-0.4, -0.2) is 62.9 Å². The van der Waals surface area contributed by atoms with Gasteiger partial charge in [-0.3, -0.25) is 10.1 Å². The maximum Gasteiger partial charge on any atom is 0.257 e. The van der Waals surface area contributed by atoms with Gasteiger partial charge in [-0.25, -0.2) is 9.97 Å². The molecule has 0 aliphatic carbocycles. The molecule has 0 unspecified atom stereocenters. The molecule has 186 valence electrons. The average Bonchev–Trinajstić information content (AvgIpc) is 3.36. The van der Waals surface area contributed by atoms with Gasteiger partial charge in [-0.05, 0) is 36.2 Å². The smallest absolute Gasteiger partial charge is 0.257 e. The van der Waals surface area contributed by atoms with Crippen LogP contribution in [0.25, 0.3) is 10.2 Å². The van der Waals surface area contributed by atoms with Gasteiger partial charge < -0.3 is 19.3 Å². The van der Waals surface area contributed by atoms with Crippen molar-refractivity contribution in [2.75, 3.05) is 62.1 Å². The number of ether oxygens (including phenoxy) is 2. The van der Waals surface area contributed by atoms with E-state index in [1.54, 1.807) is 19.4 Å². The third kappa shape index (κ3) is 5.27. The van der Waals surface area contributed by atoms with Gasteiger partial charge in [-0.1, -0.05) is 41.7 Å². The lowest BCUT2D eigenvalue weighted by Crippen LogP contribution is -2.36. The van der Waals surface area contributed by atoms with E-state index in [2.05, 4.69) is 38.3 Å². The van der Waals surface area contributed by atoms with E-state index in [4.69, 9.17) is 14.5 Å². The number of thiazole rings is 1. The summed E-state index contributed by atoms with van der Waals surface area (Å²) in [6.45, 7) is 3.82. The van der Waals surface area contributed by atoms with Crippen LogP contribution in [0.4, 0.5) is 16.6 Å². The van der Waals surface area contributed by atoms with Crippen LogP contribution in [0.5, 0.6) is 5.75 Å². The van der Waals surface area contributed by atoms with Crippen molar-refractivity contribution in [1.29, 1.82) is 0 Å². The number of carbonyl (C=O) groups excluding carboxylic acids is 1. The molecule has 0 atom stereocenters. The van der Waals surface area contributed by atoms with Crippen molar-refractivity contribution in [3.63, 3.8) is 0 Å². The molecular formula is C27H29N5O3S. The van der Waals surface area contributed by atoms with E-state index in [9.17, 15) is 4.79 Å². The molecule has 4 aromatic rings. The normalized spacial score (nSPS) is 13.6. The van der Waals surface area contributed by atoms with Crippen molar-refractivity contribution in [1.82, 2.24) is 9.97 Å². The fourth-order valence-electron chi connectivity index (χ4n) is 4.24. The van der Waals surface area contributed by atoms with Crippen LogP contribution < -0.4 is 19.9 Å². The molecule has 1 saturated heterocycles. The zero-order valence-corrected chi connectivity index (χ0v) is 21.3. The highest BCUT2D eigenvalue weighted by Crippen LogP contribution is 2.39. The third-order valence-electron chi connectivity index (χ3n) is 6.26. The van der Waals surface area contributed by atoms with Crippen molar-refractivity contribution >= 4 is 44.1 Å². The number of carbonyl (C=O) groups is 1. The number of rotatable bonds is 8. The maximum atomic E-state index is 13.1. The van der Waals surface area contributed by atoms with Crippen LogP contribution in [0.15, 0.2) is 60.8 Å². The Kier molecular flexibility index (Phi) is 7.29. The number of hydrogen-bond acceptors (Lipinski definition) is 8. The fourth-order valence-corrected chi connectivity index (χ4v) is 5.25. The molecule has 1 aliphatic rings. The third-order valence-corrected chi connectivity index (χ3v) is 7.25. The molecule has 0 bridgehead atoms. The van der Waals surface area contributed by atoms with Gasteiger partial charge in [-0.15, -0.1) is 0 Å². The summed E-state index contributed by atoms with van der Waals surface area (Å²) in [6, 6.07) is 17.8. The number of amides is 1. The molecule has 9 heteroatoms. The van der Waals surface area contributed by atoms with Gasteiger partial charge in [0.05, 0.1) is 30.7 Å². The topological polar surface area (TPSA) is 79.8 Å². The zero-order chi connectivity index (χ0) is 24.9. The predicted molar refractivity (Wildman–Crippen MR) is 145 cm³/mol. The molecular weight excluding hydrogens is 474 g/mol. The molecule has 36 heavy (non-hydrogen) atoms. The highest BCUT2D eigenvalue weighted by Gasteiger charge is 2.20. The Morgan fingerprint density at radius 2 is 1.97 bits per heavy atom. The largest absolute Gasteiger partial charge is 0.494 e. The second-order valence-electron chi connectivity index (χ2n) is 8.60. The van der Waals surface area contributed by atoms with Crippen LogP contribution in [0, 0.1) is 0 Å². The first-order valence-corrected chi connectivity index (χ1v) is 12.8. The number of anilines is 3. The summed E-state index contributed by atoms with van der Waals surface area (Å²) >= 11 is 1.45. The van der Waals surface area contributed by atoms with Crippen LogP contribution in [0.2, 0.25) is 0 Å². The lowest BCUT2D eigenvalue weighted by molar-refractivity contribution is 0.102. The number of likely N-dealkylation sites (N-methyl/N-ethyl adjacent to an activating group) is 1. The summed E-state index contributed by atoms with van der Waals surface area (Å²) in [7, 11) is 3.62. The molecule has 2 aromatic carbocycles. The van der Waals surface area contributed by atoms with Gasteiger partial charge in [0.1, 0.15) is 17.1 Å². The Morgan fingerprint density at radius 1 is 1.17 bits per heavy atom.